The molecule has 0 unspecified atom stereocenters. The highest BCUT2D eigenvalue weighted by Crippen LogP contribution is 2.32. The summed E-state index contributed by atoms with van der Waals surface area (Å²) in [5.74, 6) is 0.284. The van der Waals surface area contributed by atoms with Gasteiger partial charge in [-0.2, -0.15) is 0 Å². The van der Waals surface area contributed by atoms with Crippen molar-refractivity contribution >= 4 is 40.3 Å². The monoisotopic (exact) mass is 385 g/mol. The van der Waals surface area contributed by atoms with Crippen LogP contribution >= 0.6 is 24.0 Å². The maximum Gasteiger partial charge on any atom is 0.266 e. The lowest BCUT2D eigenvalue weighted by Crippen LogP contribution is -2.27. The molecule has 3 nitrogen and oxygen atoms in total. The van der Waals surface area contributed by atoms with Gasteiger partial charge < -0.3 is 4.74 Å². The van der Waals surface area contributed by atoms with Crippen LogP contribution in [0.25, 0.3) is 6.08 Å². The van der Waals surface area contributed by atoms with Gasteiger partial charge in [-0.05, 0) is 41.5 Å². The van der Waals surface area contributed by atoms with Gasteiger partial charge in [-0.1, -0.05) is 54.3 Å². The molecule has 0 atom stereocenters. The molecule has 3 rings (SSSR count). The van der Waals surface area contributed by atoms with Crippen LogP contribution in [0, 0.1) is 5.82 Å². The van der Waals surface area contributed by atoms with Gasteiger partial charge >= 0.3 is 0 Å². The molecule has 0 aliphatic carbocycles. The lowest BCUT2D eigenvalue weighted by atomic mass is 10.2. The Balaban J connectivity index is 1.71. The van der Waals surface area contributed by atoms with Crippen LogP contribution in [0.1, 0.15) is 11.1 Å². The molecule has 0 bridgehead atoms. The number of halogens is 1. The summed E-state index contributed by atoms with van der Waals surface area (Å²) in [4.78, 5) is 14.5. The highest BCUT2D eigenvalue weighted by molar-refractivity contribution is 8.26. The summed E-state index contributed by atoms with van der Waals surface area (Å²) < 4.78 is 19.2. The molecule has 1 aliphatic rings. The van der Waals surface area contributed by atoms with E-state index in [1.54, 1.807) is 24.3 Å². The number of thiocarbonyl (C=S) groups is 1. The van der Waals surface area contributed by atoms with E-state index in [9.17, 15) is 9.18 Å². The molecule has 2 aromatic carbocycles. The van der Waals surface area contributed by atoms with Gasteiger partial charge in [0, 0.05) is 6.54 Å². The number of ether oxygens (including phenoxy) is 1. The van der Waals surface area contributed by atoms with Crippen LogP contribution in [0.4, 0.5) is 4.39 Å². The Kier molecular flexibility index (Phi) is 5.85. The largest absolute Gasteiger partial charge is 0.489 e. The molecule has 6 heteroatoms. The van der Waals surface area contributed by atoms with E-state index in [0.717, 1.165) is 11.1 Å². The summed E-state index contributed by atoms with van der Waals surface area (Å²) in [5, 5.41) is 0. The molecule has 0 spiro atoms. The molecule has 26 heavy (non-hydrogen) atoms. The quantitative estimate of drug-likeness (QED) is 0.406. The van der Waals surface area contributed by atoms with Crippen LogP contribution in [0.15, 0.2) is 66.1 Å². The van der Waals surface area contributed by atoms with E-state index in [0.29, 0.717) is 28.1 Å². The summed E-state index contributed by atoms with van der Waals surface area (Å²) >= 11 is 6.51. The zero-order valence-electron chi connectivity index (χ0n) is 13.9. The number of amides is 1. The Labute approximate surface area is 161 Å². The first-order valence-corrected chi connectivity index (χ1v) is 9.13. The minimum Gasteiger partial charge on any atom is -0.489 e. The van der Waals surface area contributed by atoms with Crippen molar-refractivity contribution < 1.29 is 13.9 Å². The Morgan fingerprint density at radius 2 is 2.00 bits per heavy atom. The van der Waals surface area contributed by atoms with Crippen molar-refractivity contribution in [3.63, 3.8) is 0 Å². The number of benzene rings is 2. The minimum absolute atomic E-state index is 0.113. The predicted octanol–water partition coefficient (Wildman–Crippen LogP) is 4.79. The molecular formula is C20H16FNO2S2. The minimum atomic E-state index is -0.274. The fourth-order valence-corrected chi connectivity index (χ4v) is 3.65. The average molecular weight is 385 g/mol. The van der Waals surface area contributed by atoms with Crippen molar-refractivity contribution in [2.45, 2.75) is 6.61 Å². The van der Waals surface area contributed by atoms with Crippen molar-refractivity contribution in [1.82, 2.24) is 4.90 Å². The number of carbonyl (C=O) groups is 1. The lowest BCUT2D eigenvalue weighted by molar-refractivity contribution is -0.121. The van der Waals surface area contributed by atoms with Crippen molar-refractivity contribution in [1.29, 1.82) is 0 Å². The second-order valence-corrected chi connectivity index (χ2v) is 7.24. The van der Waals surface area contributed by atoms with E-state index in [1.807, 2.05) is 24.3 Å². The standard InChI is InChI=1S/C20H16FNO2S2/c1-2-10-22-19(23)18(26-20(22)25)12-15-4-3-5-17(11-15)24-13-14-6-8-16(21)9-7-14/h2-9,11-12H,1,10,13H2/b18-12+. The van der Waals surface area contributed by atoms with Crippen LogP contribution in [0.3, 0.4) is 0 Å². The molecule has 0 saturated carbocycles. The van der Waals surface area contributed by atoms with Gasteiger partial charge in [0.05, 0.1) is 4.91 Å². The highest BCUT2D eigenvalue weighted by atomic mass is 32.2. The van der Waals surface area contributed by atoms with Gasteiger partial charge in [0.25, 0.3) is 5.91 Å². The first-order valence-electron chi connectivity index (χ1n) is 7.90. The molecule has 132 valence electrons. The molecule has 1 saturated heterocycles. The Morgan fingerprint density at radius 3 is 2.73 bits per heavy atom. The van der Waals surface area contributed by atoms with Crippen molar-refractivity contribution in [3.05, 3.63) is 83.0 Å². The van der Waals surface area contributed by atoms with Crippen LogP contribution < -0.4 is 4.74 Å². The number of hydrogen-bond donors (Lipinski definition) is 0. The van der Waals surface area contributed by atoms with E-state index < -0.39 is 0 Å². The van der Waals surface area contributed by atoms with Crippen LogP contribution in [-0.4, -0.2) is 21.7 Å². The van der Waals surface area contributed by atoms with E-state index in [2.05, 4.69) is 6.58 Å². The Bertz CT molecular complexity index is 878. The van der Waals surface area contributed by atoms with Crippen LogP contribution in [0.2, 0.25) is 0 Å². The van der Waals surface area contributed by atoms with E-state index in [4.69, 9.17) is 17.0 Å². The first kappa shape index (κ1) is 18.4. The normalized spacial score (nSPS) is 15.6. The Hall–Kier alpha value is -2.44. The molecule has 0 aromatic heterocycles. The first-order chi connectivity index (χ1) is 12.6. The summed E-state index contributed by atoms with van der Waals surface area (Å²) in [6, 6.07) is 13.6. The number of rotatable bonds is 6. The van der Waals surface area contributed by atoms with Gasteiger partial charge in [-0.15, -0.1) is 6.58 Å². The number of thioether (sulfide) groups is 1. The Morgan fingerprint density at radius 1 is 1.23 bits per heavy atom. The topological polar surface area (TPSA) is 29.5 Å². The summed E-state index contributed by atoms with van der Waals surface area (Å²) in [6.07, 6.45) is 3.45. The third-order valence-corrected chi connectivity index (χ3v) is 5.04. The second-order valence-electron chi connectivity index (χ2n) is 5.57. The van der Waals surface area contributed by atoms with E-state index in [1.165, 1.54) is 28.8 Å². The van der Waals surface area contributed by atoms with Gasteiger partial charge in [-0.3, -0.25) is 9.69 Å². The fraction of sp³-hybridized carbons (Fsp3) is 0.100. The lowest BCUT2D eigenvalue weighted by Gasteiger charge is -2.10. The summed E-state index contributed by atoms with van der Waals surface area (Å²) in [6.45, 7) is 4.39. The smallest absolute Gasteiger partial charge is 0.266 e. The predicted molar refractivity (Wildman–Crippen MR) is 107 cm³/mol. The highest BCUT2D eigenvalue weighted by Gasteiger charge is 2.30. The maximum absolute atomic E-state index is 12.9. The molecule has 1 fully saturated rings. The third-order valence-electron chi connectivity index (χ3n) is 3.66. The number of carbonyl (C=O) groups excluding carboxylic acids is 1. The van der Waals surface area contributed by atoms with Crippen molar-refractivity contribution in [2.24, 2.45) is 0 Å². The summed E-state index contributed by atoms with van der Waals surface area (Å²) in [7, 11) is 0. The van der Waals surface area contributed by atoms with Crippen LogP contribution in [0.5, 0.6) is 5.75 Å². The van der Waals surface area contributed by atoms with E-state index in [-0.39, 0.29) is 11.7 Å². The zero-order chi connectivity index (χ0) is 18.5. The fourth-order valence-electron chi connectivity index (χ4n) is 2.38. The zero-order valence-corrected chi connectivity index (χ0v) is 15.5. The maximum atomic E-state index is 12.9. The molecule has 1 aliphatic heterocycles. The molecule has 0 radical (unpaired) electrons. The van der Waals surface area contributed by atoms with Gasteiger partial charge in [0.15, 0.2) is 0 Å². The van der Waals surface area contributed by atoms with Gasteiger partial charge in [0.1, 0.15) is 22.5 Å². The molecule has 1 amide bonds. The van der Waals surface area contributed by atoms with Gasteiger partial charge in [0.2, 0.25) is 0 Å². The SMILES string of the molecule is C=CCN1C(=O)/C(=C\c2cccc(OCc3ccc(F)cc3)c2)SC1=S. The molecule has 0 N–H and O–H groups in total. The molecule has 2 aromatic rings. The van der Waals surface area contributed by atoms with Crippen molar-refractivity contribution in [2.75, 3.05) is 6.54 Å². The second kappa shape index (κ2) is 8.29. The van der Waals surface area contributed by atoms with Crippen LogP contribution in [-0.2, 0) is 11.4 Å². The average Bonchev–Trinajstić information content (AvgIpc) is 2.89. The van der Waals surface area contributed by atoms with Gasteiger partial charge in [-0.25, -0.2) is 4.39 Å². The number of hydrogen-bond acceptors (Lipinski definition) is 4. The molecular weight excluding hydrogens is 369 g/mol. The summed E-state index contributed by atoms with van der Waals surface area (Å²) in [5.41, 5.74) is 1.72. The van der Waals surface area contributed by atoms with Crippen molar-refractivity contribution in [3.8, 4) is 5.75 Å². The number of nitrogens with zero attached hydrogens (tertiary/aromatic N) is 1. The van der Waals surface area contributed by atoms with E-state index >= 15 is 0 Å². The molecule has 1 heterocycles. The third kappa shape index (κ3) is 4.39.